The lowest BCUT2D eigenvalue weighted by Gasteiger charge is -2.29. The Hall–Kier alpha value is -0.650. The molecule has 2 heterocycles. The predicted molar refractivity (Wildman–Crippen MR) is 56.3 cm³/mol. The number of amides is 1. The topological polar surface area (TPSA) is 85.1 Å². The number of ether oxygens (including phenoxy) is 2. The van der Waals surface area contributed by atoms with E-state index in [0.29, 0.717) is 6.42 Å². The molecule has 0 aromatic rings. The van der Waals surface area contributed by atoms with Gasteiger partial charge in [-0.3, -0.25) is 4.79 Å². The van der Waals surface area contributed by atoms with Gasteiger partial charge in [0.25, 0.3) is 0 Å². The fourth-order valence-corrected chi connectivity index (χ4v) is 2.39. The highest BCUT2D eigenvalue weighted by Crippen LogP contribution is 2.47. The molecule has 5 atom stereocenters. The van der Waals surface area contributed by atoms with Crippen LogP contribution in [-0.2, 0) is 14.3 Å². The molecule has 5 heteroatoms. The van der Waals surface area contributed by atoms with E-state index in [-0.39, 0.29) is 23.7 Å². The first-order valence-corrected chi connectivity index (χ1v) is 5.61. The Labute approximate surface area is 94.9 Å². The monoisotopic (exact) mass is 229 g/mol. The molecule has 2 aliphatic rings. The maximum absolute atomic E-state index is 11.2. The van der Waals surface area contributed by atoms with E-state index >= 15 is 0 Å². The summed E-state index contributed by atoms with van der Waals surface area (Å²) in [5, 5.41) is 9.73. The molecule has 0 aliphatic carbocycles. The predicted octanol–water partition coefficient (Wildman–Crippen LogP) is 0.00870. The first kappa shape index (κ1) is 11.8. The van der Waals surface area contributed by atoms with Gasteiger partial charge in [0.15, 0.2) is 6.29 Å². The molecule has 5 nitrogen and oxygen atoms in total. The van der Waals surface area contributed by atoms with Gasteiger partial charge in [-0.2, -0.15) is 0 Å². The van der Waals surface area contributed by atoms with Gasteiger partial charge in [-0.25, -0.2) is 0 Å². The largest absolute Gasteiger partial charge is 0.369 e. The van der Waals surface area contributed by atoms with E-state index in [1.54, 1.807) is 6.92 Å². The minimum Gasteiger partial charge on any atom is -0.369 e. The molecule has 2 saturated heterocycles. The number of carbonyl (C=O) groups excluding carboxylic acids is 1. The van der Waals surface area contributed by atoms with Crippen LogP contribution in [0.2, 0.25) is 0 Å². The molecule has 2 aliphatic heterocycles. The molecule has 1 amide bonds. The Kier molecular flexibility index (Phi) is 2.72. The fourth-order valence-electron chi connectivity index (χ4n) is 2.39. The SMILES string of the molecule is CC(C(N)=O)C1CC(C)(C)C2OC2[C@H](O)O1. The molecule has 0 spiro atoms. The summed E-state index contributed by atoms with van der Waals surface area (Å²) in [4.78, 5) is 11.2. The van der Waals surface area contributed by atoms with Crippen LogP contribution < -0.4 is 5.73 Å². The number of epoxide rings is 1. The third kappa shape index (κ3) is 1.95. The molecule has 2 fully saturated rings. The van der Waals surface area contributed by atoms with Gasteiger partial charge in [0.1, 0.15) is 6.10 Å². The van der Waals surface area contributed by atoms with Crippen molar-refractivity contribution < 1.29 is 19.4 Å². The van der Waals surface area contributed by atoms with Gasteiger partial charge in [0.05, 0.1) is 18.1 Å². The molecule has 2 rings (SSSR count). The van der Waals surface area contributed by atoms with E-state index in [1.807, 2.05) is 0 Å². The lowest BCUT2D eigenvalue weighted by molar-refractivity contribution is -0.168. The van der Waals surface area contributed by atoms with E-state index < -0.39 is 18.1 Å². The molecule has 4 unspecified atom stereocenters. The van der Waals surface area contributed by atoms with Crippen molar-refractivity contribution in [2.75, 3.05) is 0 Å². The first-order chi connectivity index (χ1) is 7.33. The Balaban J connectivity index is 2.13. The normalized spacial score (nSPS) is 43.0. The zero-order chi connectivity index (χ0) is 12.1. The Bertz CT molecular complexity index is 304. The lowest BCUT2D eigenvalue weighted by Crippen LogP contribution is -2.38. The average molecular weight is 229 g/mol. The smallest absolute Gasteiger partial charge is 0.222 e. The van der Waals surface area contributed by atoms with Crippen LogP contribution in [-0.4, -0.2) is 35.6 Å². The van der Waals surface area contributed by atoms with Gasteiger partial charge < -0.3 is 20.3 Å². The number of aliphatic hydroxyl groups excluding tert-OH is 1. The van der Waals surface area contributed by atoms with Crippen LogP contribution in [0.1, 0.15) is 27.2 Å². The van der Waals surface area contributed by atoms with Crippen LogP contribution in [0, 0.1) is 11.3 Å². The zero-order valence-corrected chi connectivity index (χ0v) is 9.84. The molecule has 92 valence electrons. The van der Waals surface area contributed by atoms with Crippen molar-refractivity contribution in [1.29, 1.82) is 0 Å². The summed E-state index contributed by atoms with van der Waals surface area (Å²) in [5.74, 6) is -0.795. The van der Waals surface area contributed by atoms with E-state index in [9.17, 15) is 9.90 Å². The van der Waals surface area contributed by atoms with Crippen LogP contribution in [0.3, 0.4) is 0 Å². The minimum absolute atomic E-state index is 0.0209. The van der Waals surface area contributed by atoms with E-state index in [1.165, 1.54) is 0 Å². The summed E-state index contributed by atoms with van der Waals surface area (Å²) in [5.41, 5.74) is 5.17. The van der Waals surface area contributed by atoms with Crippen molar-refractivity contribution >= 4 is 5.91 Å². The van der Waals surface area contributed by atoms with Crippen LogP contribution in [0.4, 0.5) is 0 Å². The highest BCUT2D eigenvalue weighted by molar-refractivity contribution is 5.76. The third-order valence-electron chi connectivity index (χ3n) is 3.62. The quantitative estimate of drug-likeness (QED) is 0.653. The fraction of sp³-hybridized carbons (Fsp3) is 0.909. The van der Waals surface area contributed by atoms with Gasteiger partial charge >= 0.3 is 0 Å². The molecular weight excluding hydrogens is 210 g/mol. The van der Waals surface area contributed by atoms with Crippen LogP contribution in [0.5, 0.6) is 0 Å². The second-order valence-electron chi connectivity index (χ2n) is 5.47. The highest BCUT2D eigenvalue weighted by atomic mass is 16.7. The molecule has 0 radical (unpaired) electrons. The number of aliphatic hydroxyl groups is 1. The first-order valence-electron chi connectivity index (χ1n) is 5.61. The number of rotatable bonds is 2. The van der Waals surface area contributed by atoms with Gasteiger partial charge in [-0.15, -0.1) is 0 Å². The Morgan fingerprint density at radius 3 is 2.69 bits per heavy atom. The van der Waals surface area contributed by atoms with Gasteiger partial charge in [-0.05, 0) is 11.8 Å². The molecule has 0 aromatic carbocycles. The second kappa shape index (κ2) is 3.68. The summed E-state index contributed by atoms with van der Waals surface area (Å²) in [6.45, 7) is 5.84. The molecule has 0 saturated carbocycles. The van der Waals surface area contributed by atoms with Crippen molar-refractivity contribution in [2.45, 2.75) is 51.8 Å². The molecular formula is C11H19NO4. The van der Waals surface area contributed by atoms with Gasteiger partial charge in [-0.1, -0.05) is 20.8 Å². The highest BCUT2D eigenvalue weighted by Gasteiger charge is 2.57. The standard InChI is InChI=1S/C11H19NO4/c1-5(9(12)13)6-4-11(2,3)8-7(16-8)10(14)15-6/h5-8,10,14H,4H2,1-3H3,(H2,12,13)/t5?,6?,7?,8?,10-/m1/s1. The average Bonchev–Trinajstić information content (AvgIpc) is 2.93. The molecule has 0 bridgehead atoms. The second-order valence-corrected chi connectivity index (χ2v) is 5.47. The maximum atomic E-state index is 11.2. The molecule has 3 N–H and O–H groups in total. The van der Waals surface area contributed by atoms with E-state index in [4.69, 9.17) is 15.2 Å². The van der Waals surface area contributed by atoms with Crippen LogP contribution in [0.25, 0.3) is 0 Å². The van der Waals surface area contributed by atoms with Crippen molar-refractivity contribution in [1.82, 2.24) is 0 Å². The summed E-state index contributed by atoms with van der Waals surface area (Å²) in [6.07, 6.45) is -0.847. The van der Waals surface area contributed by atoms with Gasteiger partial charge in [0, 0.05) is 0 Å². The maximum Gasteiger partial charge on any atom is 0.222 e. The van der Waals surface area contributed by atoms with Gasteiger partial charge in [0.2, 0.25) is 5.91 Å². The van der Waals surface area contributed by atoms with E-state index in [2.05, 4.69) is 13.8 Å². The van der Waals surface area contributed by atoms with Crippen LogP contribution in [0.15, 0.2) is 0 Å². The number of nitrogens with two attached hydrogens (primary N) is 1. The Morgan fingerprint density at radius 1 is 1.50 bits per heavy atom. The number of hydrogen-bond acceptors (Lipinski definition) is 4. The Morgan fingerprint density at radius 2 is 2.12 bits per heavy atom. The summed E-state index contributed by atoms with van der Waals surface area (Å²) < 4.78 is 10.8. The summed E-state index contributed by atoms with van der Waals surface area (Å²) in [7, 11) is 0. The van der Waals surface area contributed by atoms with Crippen molar-refractivity contribution in [3.05, 3.63) is 0 Å². The van der Waals surface area contributed by atoms with Crippen molar-refractivity contribution in [2.24, 2.45) is 17.1 Å². The zero-order valence-electron chi connectivity index (χ0n) is 9.84. The van der Waals surface area contributed by atoms with E-state index in [0.717, 1.165) is 0 Å². The number of hydrogen-bond donors (Lipinski definition) is 2. The number of primary amides is 1. The number of fused-ring (bicyclic) bond motifs is 1. The lowest BCUT2D eigenvalue weighted by atomic mass is 9.80. The third-order valence-corrected chi connectivity index (χ3v) is 3.62. The summed E-state index contributed by atoms with van der Waals surface area (Å²) >= 11 is 0. The number of carbonyl (C=O) groups is 1. The van der Waals surface area contributed by atoms with Crippen molar-refractivity contribution in [3.63, 3.8) is 0 Å². The minimum atomic E-state index is -0.946. The summed E-state index contributed by atoms with van der Waals surface area (Å²) in [6, 6.07) is 0. The molecule has 16 heavy (non-hydrogen) atoms. The van der Waals surface area contributed by atoms with Crippen molar-refractivity contribution in [3.8, 4) is 0 Å². The molecule has 0 aromatic heterocycles. The van der Waals surface area contributed by atoms with Crippen LogP contribution >= 0.6 is 0 Å².